The van der Waals surface area contributed by atoms with Crippen LogP contribution in [0.25, 0.3) is 0 Å². The maximum absolute atomic E-state index is 11.4. The molecule has 1 unspecified atom stereocenters. The Hall–Kier alpha value is -2.43. The van der Waals surface area contributed by atoms with Crippen molar-refractivity contribution >= 4 is 11.8 Å². The first kappa shape index (κ1) is 14.0. The number of hydrogen-bond acceptors (Lipinski definition) is 3. The summed E-state index contributed by atoms with van der Waals surface area (Å²) in [6.07, 6.45) is 13.4. The molecule has 0 fully saturated rings. The van der Waals surface area contributed by atoms with Gasteiger partial charge in [-0.05, 0) is 11.6 Å². The molecule has 104 valence electrons. The summed E-state index contributed by atoms with van der Waals surface area (Å²) in [6.45, 7) is 3.08. The number of aromatic nitrogens is 2. The summed E-state index contributed by atoms with van der Waals surface area (Å²) >= 11 is 0. The molecule has 1 aromatic heterocycles. The maximum atomic E-state index is 11.4. The predicted molar refractivity (Wildman–Crippen MR) is 75.7 cm³/mol. The van der Waals surface area contributed by atoms with Crippen LogP contribution in [0.4, 0.5) is 0 Å². The van der Waals surface area contributed by atoms with Gasteiger partial charge in [0.05, 0.1) is 12.6 Å². The normalized spacial score (nSPS) is 17.5. The summed E-state index contributed by atoms with van der Waals surface area (Å²) in [5, 5.41) is 4.20. The largest absolute Gasteiger partial charge is 0.279 e. The number of allylic oxidation sites excluding steroid dienone is 4. The second kappa shape index (κ2) is 6.14. The van der Waals surface area contributed by atoms with Gasteiger partial charge in [0.1, 0.15) is 0 Å². The van der Waals surface area contributed by atoms with Gasteiger partial charge < -0.3 is 0 Å². The Kier molecular flexibility index (Phi) is 4.30. The molecule has 5 heteroatoms. The summed E-state index contributed by atoms with van der Waals surface area (Å²) in [7, 11) is 0. The molecule has 0 aliphatic heterocycles. The van der Waals surface area contributed by atoms with Gasteiger partial charge in [0.25, 0.3) is 0 Å². The minimum absolute atomic E-state index is 0.0434. The van der Waals surface area contributed by atoms with Crippen LogP contribution in [0.2, 0.25) is 0 Å². The van der Waals surface area contributed by atoms with Gasteiger partial charge in [-0.1, -0.05) is 30.4 Å². The van der Waals surface area contributed by atoms with E-state index in [1.165, 1.54) is 18.7 Å². The Morgan fingerprint density at radius 3 is 2.65 bits per heavy atom. The maximum Gasteiger partial charge on any atom is 0.226 e. The molecule has 2 rings (SSSR count). The van der Waals surface area contributed by atoms with Crippen LogP contribution in [0.3, 0.4) is 0 Å². The molecular weight excluding hydrogens is 254 g/mol. The molecule has 1 heterocycles. The van der Waals surface area contributed by atoms with Crippen LogP contribution >= 0.6 is 0 Å². The number of amides is 2. The third kappa shape index (κ3) is 3.32. The highest BCUT2D eigenvalue weighted by Crippen LogP contribution is 2.15. The summed E-state index contributed by atoms with van der Waals surface area (Å²) in [5.41, 5.74) is 0.904. The van der Waals surface area contributed by atoms with E-state index in [0.717, 1.165) is 5.57 Å². The Labute approximate surface area is 117 Å². The number of carbonyl (C=O) groups is 2. The molecule has 0 aromatic carbocycles. The van der Waals surface area contributed by atoms with Gasteiger partial charge in [-0.15, -0.1) is 0 Å². The fraction of sp³-hybridized carbons (Fsp3) is 0.267. The van der Waals surface area contributed by atoms with E-state index in [9.17, 15) is 9.59 Å². The highest BCUT2D eigenvalue weighted by molar-refractivity contribution is 5.93. The van der Waals surface area contributed by atoms with E-state index in [1.54, 1.807) is 6.20 Å². The molecule has 1 aliphatic carbocycles. The van der Waals surface area contributed by atoms with Crippen molar-refractivity contribution in [1.82, 2.24) is 14.7 Å². The van der Waals surface area contributed by atoms with Crippen LogP contribution in [0.1, 0.15) is 19.9 Å². The first-order chi connectivity index (χ1) is 9.58. The zero-order valence-electron chi connectivity index (χ0n) is 11.6. The molecule has 0 N–H and O–H groups in total. The van der Waals surface area contributed by atoms with E-state index >= 15 is 0 Å². The SMILES string of the molecule is CC(=O)N(CC1=CC=CC(n2cccn2)C=C1)C(C)=O. The van der Waals surface area contributed by atoms with Gasteiger partial charge in [-0.3, -0.25) is 19.2 Å². The third-order valence-electron chi connectivity index (χ3n) is 3.06. The van der Waals surface area contributed by atoms with Crippen LogP contribution in [0.15, 0.2) is 54.4 Å². The van der Waals surface area contributed by atoms with Gasteiger partial charge in [0.15, 0.2) is 0 Å². The Balaban J connectivity index is 2.10. The first-order valence-corrected chi connectivity index (χ1v) is 6.41. The van der Waals surface area contributed by atoms with Crippen molar-refractivity contribution in [2.45, 2.75) is 19.9 Å². The monoisotopic (exact) mass is 271 g/mol. The highest BCUT2D eigenvalue weighted by Gasteiger charge is 2.15. The number of carbonyl (C=O) groups excluding carboxylic acids is 2. The van der Waals surface area contributed by atoms with Crippen molar-refractivity contribution in [3.05, 3.63) is 54.4 Å². The van der Waals surface area contributed by atoms with Gasteiger partial charge in [-0.2, -0.15) is 5.10 Å². The number of hydrogen-bond donors (Lipinski definition) is 0. The molecule has 0 spiro atoms. The molecule has 1 aromatic rings. The van der Waals surface area contributed by atoms with E-state index < -0.39 is 0 Å². The first-order valence-electron chi connectivity index (χ1n) is 6.41. The van der Waals surface area contributed by atoms with Gasteiger partial charge in [-0.25, -0.2) is 0 Å². The van der Waals surface area contributed by atoms with Crippen molar-refractivity contribution in [3.8, 4) is 0 Å². The minimum Gasteiger partial charge on any atom is -0.279 e. The van der Waals surface area contributed by atoms with Crippen molar-refractivity contribution < 1.29 is 9.59 Å². The average Bonchev–Trinajstić information content (AvgIpc) is 2.82. The van der Waals surface area contributed by atoms with Gasteiger partial charge in [0.2, 0.25) is 11.8 Å². The summed E-state index contributed by atoms with van der Waals surface area (Å²) < 4.78 is 1.83. The van der Waals surface area contributed by atoms with Gasteiger partial charge >= 0.3 is 0 Å². The van der Waals surface area contributed by atoms with E-state index in [4.69, 9.17) is 0 Å². The lowest BCUT2D eigenvalue weighted by atomic mass is 10.2. The van der Waals surface area contributed by atoms with E-state index in [1.807, 2.05) is 47.3 Å². The van der Waals surface area contributed by atoms with E-state index in [2.05, 4.69) is 5.10 Å². The molecule has 0 saturated carbocycles. The smallest absolute Gasteiger partial charge is 0.226 e. The van der Waals surface area contributed by atoms with E-state index in [-0.39, 0.29) is 24.4 Å². The van der Waals surface area contributed by atoms with Crippen LogP contribution in [0.5, 0.6) is 0 Å². The molecule has 5 nitrogen and oxygen atoms in total. The summed E-state index contributed by atoms with van der Waals surface area (Å²) in [5.74, 6) is -0.493. The number of imide groups is 1. The molecule has 2 amide bonds. The Morgan fingerprint density at radius 1 is 1.30 bits per heavy atom. The summed E-state index contributed by atoms with van der Waals surface area (Å²) in [4.78, 5) is 24.1. The molecule has 0 radical (unpaired) electrons. The number of rotatable bonds is 3. The second-order valence-electron chi connectivity index (χ2n) is 4.59. The molecule has 0 bridgehead atoms. The fourth-order valence-electron chi connectivity index (χ4n) is 2.00. The van der Waals surface area contributed by atoms with Crippen molar-refractivity contribution in [3.63, 3.8) is 0 Å². The Bertz CT molecular complexity index is 568. The molecule has 20 heavy (non-hydrogen) atoms. The molecule has 0 saturated heterocycles. The van der Waals surface area contributed by atoms with Crippen LogP contribution in [0, 0.1) is 0 Å². The third-order valence-corrected chi connectivity index (χ3v) is 3.06. The quantitative estimate of drug-likeness (QED) is 0.843. The zero-order chi connectivity index (χ0) is 14.5. The van der Waals surface area contributed by atoms with Crippen molar-refractivity contribution in [1.29, 1.82) is 0 Å². The molecular formula is C15H17N3O2. The van der Waals surface area contributed by atoms with Gasteiger partial charge in [0, 0.05) is 26.2 Å². The van der Waals surface area contributed by atoms with E-state index in [0.29, 0.717) is 0 Å². The second-order valence-corrected chi connectivity index (χ2v) is 4.59. The fourth-order valence-corrected chi connectivity index (χ4v) is 2.00. The molecule has 1 aliphatic rings. The highest BCUT2D eigenvalue weighted by atomic mass is 16.2. The lowest BCUT2D eigenvalue weighted by molar-refractivity contribution is -0.141. The number of nitrogens with zero attached hydrogens (tertiary/aromatic N) is 3. The van der Waals surface area contributed by atoms with Crippen molar-refractivity contribution in [2.75, 3.05) is 6.54 Å². The molecule has 1 atom stereocenters. The lowest BCUT2D eigenvalue weighted by Gasteiger charge is -2.17. The minimum atomic E-state index is -0.247. The van der Waals surface area contributed by atoms with Crippen LogP contribution < -0.4 is 0 Å². The Morgan fingerprint density at radius 2 is 2.05 bits per heavy atom. The lowest BCUT2D eigenvalue weighted by Crippen LogP contribution is -2.34. The van der Waals surface area contributed by atoms with Crippen molar-refractivity contribution in [2.24, 2.45) is 0 Å². The topological polar surface area (TPSA) is 55.2 Å². The average molecular weight is 271 g/mol. The van der Waals surface area contributed by atoms with Crippen LogP contribution in [-0.4, -0.2) is 33.0 Å². The van der Waals surface area contributed by atoms with Crippen LogP contribution in [-0.2, 0) is 9.59 Å². The predicted octanol–water partition coefficient (Wildman–Crippen LogP) is 1.87. The summed E-state index contributed by atoms with van der Waals surface area (Å²) in [6, 6.07) is 1.91. The standard InChI is InChI=1S/C15H17N3O2/c1-12(19)17(13(2)20)11-14-5-3-6-15(8-7-14)18-10-4-9-16-18/h3-10,15H,11H2,1-2H3. The zero-order valence-corrected chi connectivity index (χ0v) is 11.6.